The molecule has 1 atom stereocenters. The number of alkyl halides is 3. The Labute approximate surface area is 157 Å². The number of benzene rings is 2. The summed E-state index contributed by atoms with van der Waals surface area (Å²) in [6.45, 7) is 0. The predicted octanol–water partition coefficient (Wildman–Crippen LogP) is 4.97. The van der Waals surface area contributed by atoms with Gasteiger partial charge < -0.3 is 5.32 Å². The summed E-state index contributed by atoms with van der Waals surface area (Å²) in [7, 11) is 0. The number of nitrogens with one attached hydrogen (secondary N) is 1. The molecule has 1 heterocycles. The zero-order valence-electron chi connectivity index (χ0n) is 13.9. The van der Waals surface area contributed by atoms with Gasteiger partial charge in [-0.25, -0.2) is 9.97 Å². The Kier molecular flexibility index (Phi) is 5.75. The van der Waals surface area contributed by atoms with Crippen LogP contribution in [0.5, 0.6) is 0 Å². The highest BCUT2D eigenvalue weighted by molar-refractivity contribution is 8.00. The Bertz CT molecular complexity index is 905. The summed E-state index contributed by atoms with van der Waals surface area (Å²) < 4.78 is 38.6. The van der Waals surface area contributed by atoms with Gasteiger partial charge in [0.15, 0.2) is 5.16 Å². The van der Waals surface area contributed by atoms with E-state index in [0.29, 0.717) is 10.7 Å². The molecule has 2 aromatic carbocycles. The van der Waals surface area contributed by atoms with Gasteiger partial charge in [0.25, 0.3) is 0 Å². The number of aromatic nitrogens is 2. The summed E-state index contributed by atoms with van der Waals surface area (Å²) in [6, 6.07) is 15.1. The van der Waals surface area contributed by atoms with E-state index < -0.39 is 22.9 Å². The first-order chi connectivity index (χ1) is 12.9. The van der Waals surface area contributed by atoms with Crippen LogP contribution >= 0.6 is 11.8 Å². The summed E-state index contributed by atoms with van der Waals surface area (Å²) in [5.41, 5.74) is -0.0552. The van der Waals surface area contributed by atoms with Crippen LogP contribution in [0.2, 0.25) is 0 Å². The molecule has 138 valence electrons. The summed E-state index contributed by atoms with van der Waals surface area (Å²) in [5, 5.41) is 2.23. The molecule has 0 spiro atoms. The van der Waals surface area contributed by atoms with Crippen LogP contribution in [0, 0.1) is 0 Å². The minimum absolute atomic E-state index is 0.0744. The highest BCUT2D eigenvalue weighted by Crippen LogP contribution is 2.35. The maximum Gasteiger partial charge on any atom is 0.416 e. The Morgan fingerprint density at radius 2 is 1.67 bits per heavy atom. The summed E-state index contributed by atoms with van der Waals surface area (Å²) >= 11 is 1.12. The van der Waals surface area contributed by atoms with E-state index in [4.69, 9.17) is 0 Å². The average Bonchev–Trinajstić information content (AvgIpc) is 2.67. The van der Waals surface area contributed by atoms with Crippen LogP contribution in [0.25, 0.3) is 0 Å². The lowest BCUT2D eigenvalue weighted by Gasteiger charge is -2.17. The number of carbonyl (C=O) groups is 1. The molecular weight excluding hydrogens is 375 g/mol. The number of nitrogens with zero attached hydrogens (tertiary/aromatic N) is 2. The monoisotopic (exact) mass is 389 g/mol. The van der Waals surface area contributed by atoms with Crippen LogP contribution in [0.15, 0.2) is 78.2 Å². The molecule has 0 aliphatic rings. The number of amides is 1. The van der Waals surface area contributed by atoms with E-state index in [1.807, 2.05) is 6.07 Å². The van der Waals surface area contributed by atoms with Gasteiger partial charge in [-0.1, -0.05) is 48.2 Å². The van der Waals surface area contributed by atoms with Crippen molar-refractivity contribution in [1.29, 1.82) is 0 Å². The van der Waals surface area contributed by atoms with Crippen LogP contribution in [0.4, 0.5) is 18.9 Å². The number of halogens is 3. The highest BCUT2D eigenvalue weighted by atomic mass is 32.2. The zero-order chi connectivity index (χ0) is 19.3. The Hall–Kier alpha value is -2.87. The largest absolute Gasteiger partial charge is 0.416 e. The minimum Gasteiger partial charge on any atom is -0.325 e. The third-order valence-electron chi connectivity index (χ3n) is 3.56. The second-order valence-corrected chi connectivity index (χ2v) is 6.58. The smallest absolute Gasteiger partial charge is 0.325 e. The molecule has 1 N–H and O–H groups in total. The summed E-state index contributed by atoms with van der Waals surface area (Å²) in [5.74, 6) is -0.460. The van der Waals surface area contributed by atoms with Crippen molar-refractivity contribution in [3.8, 4) is 0 Å². The maximum absolute atomic E-state index is 12.9. The van der Waals surface area contributed by atoms with Gasteiger partial charge in [0, 0.05) is 18.1 Å². The molecule has 1 amide bonds. The van der Waals surface area contributed by atoms with Crippen LogP contribution in [-0.2, 0) is 11.0 Å². The molecule has 0 saturated heterocycles. The van der Waals surface area contributed by atoms with Gasteiger partial charge in [-0.3, -0.25) is 4.79 Å². The third-order valence-corrected chi connectivity index (χ3v) is 4.71. The van der Waals surface area contributed by atoms with Crippen LogP contribution in [0.1, 0.15) is 16.4 Å². The summed E-state index contributed by atoms with van der Waals surface area (Å²) in [6.07, 6.45) is -1.36. The van der Waals surface area contributed by atoms with Crippen molar-refractivity contribution in [2.75, 3.05) is 5.32 Å². The fraction of sp³-hybridized carbons (Fsp3) is 0.105. The van der Waals surface area contributed by atoms with Crippen molar-refractivity contribution in [1.82, 2.24) is 9.97 Å². The number of carbonyl (C=O) groups excluding carboxylic acids is 1. The topological polar surface area (TPSA) is 54.9 Å². The number of thioether (sulfide) groups is 1. The van der Waals surface area contributed by atoms with Crippen LogP contribution in [-0.4, -0.2) is 15.9 Å². The second-order valence-electron chi connectivity index (χ2n) is 5.51. The molecule has 3 aromatic rings. The molecule has 0 aliphatic heterocycles. The lowest BCUT2D eigenvalue weighted by Crippen LogP contribution is -2.19. The van der Waals surface area contributed by atoms with Gasteiger partial charge in [-0.15, -0.1) is 0 Å². The lowest BCUT2D eigenvalue weighted by atomic mass is 10.1. The van der Waals surface area contributed by atoms with Gasteiger partial charge in [0.2, 0.25) is 5.91 Å². The lowest BCUT2D eigenvalue weighted by molar-refractivity contribution is -0.137. The van der Waals surface area contributed by atoms with E-state index in [-0.39, 0.29) is 5.69 Å². The van der Waals surface area contributed by atoms with E-state index in [1.54, 1.807) is 42.7 Å². The van der Waals surface area contributed by atoms with E-state index in [2.05, 4.69) is 15.3 Å². The van der Waals surface area contributed by atoms with Gasteiger partial charge in [0.1, 0.15) is 5.25 Å². The van der Waals surface area contributed by atoms with Crippen molar-refractivity contribution in [3.63, 3.8) is 0 Å². The molecule has 27 heavy (non-hydrogen) atoms. The summed E-state index contributed by atoms with van der Waals surface area (Å²) in [4.78, 5) is 21.0. The SMILES string of the molecule is O=C(Nc1cccc(C(F)(F)F)c1)[C@H](Sc1ncccn1)c1ccccc1. The molecular formula is C19H14F3N3OS. The minimum atomic E-state index is -4.48. The zero-order valence-corrected chi connectivity index (χ0v) is 14.7. The molecule has 0 fully saturated rings. The standard InChI is InChI=1S/C19H14F3N3OS/c20-19(21,22)14-8-4-9-15(12-14)25-17(26)16(13-6-2-1-3-7-13)27-18-23-10-5-11-24-18/h1-12,16H,(H,25,26)/t16-/m1/s1. The van der Waals surface area contributed by atoms with Gasteiger partial charge in [-0.2, -0.15) is 13.2 Å². The third kappa shape index (κ3) is 5.07. The fourth-order valence-electron chi connectivity index (χ4n) is 2.33. The van der Waals surface area contributed by atoms with Crippen molar-refractivity contribution in [2.45, 2.75) is 16.6 Å². The molecule has 4 nitrogen and oxygen atoms in total. The predicted molar refractivity (Wildman–Crippen MR) is 97.1 cm³/mol. The van der Waals surface area contributed by atoms with Gasteiger partial charge in [0.05, 0.1) is 5.56 Å². The number of anilines is 1. The molecule has 0 bridgehead atoms. The molecule has 1 aromatic heterocycles. The van der Waals surface area contributed by atoms with Crippen molar-refractivity contribution in [2.24, 2.45) is 0 Å². The first-order valence-electron chi connectivity index (χ1n) is 7.90. The Balaban J connectivity index is 1.85. The number of hydrogen-bond acceptors (Lipinski definition) is 4. The normalized spacial score (nSPS) is 12.4. The fourth-order valence-corrected chi connectivity index (χ4v) is 3.25. The van der Waals surface area contributed by atoms with Gasteiger partial charge in [-0.05, 0) is 29.8 Å². The Morgan fingerprint density at radius 1 is 0.963 bits per heavy atom. The molecule has 0 aliphatic carbocycles. The second kappa shape index (κ2) is 8.22. The molecule has 0 radical (unpaired) electrons. The average molecular weight is 389 g/mol. The highest BCUT2D eigenvalue weighted by Gasteiger charge is 2.31. The van der Waals surface area contributed by atoms with Gasteiger partial charge >= 0.3 is 6.18 Å². The van der Waals surface area contributed by atoms with Crippen molar-refractivity contribution >= 4 is 23.4 Å². The molecule has 8 heteroatoms. The van der Waals surface area contributed by atoms with Crippen LogP contribution in [0.3, 0.4) is 0 Å². The maximum atomic E-state index is 12.9. The van der Waals surface area contributed by atoms with E-state index in [9.17, 15) is 18.0 Å². The molecule has 0 unspecified atom stereocenters. The van der Waals surface area contributed by atoms with Crippen LogP contribution < -0.4 is 5.32 Å². The first-order valence-corrected chi connectivity index (χ1v) is 8.78. The van der Waals surface area contributed by atoms with E-state index >= 15 is 0 Å². The van der Waals surface area contributed by atoms with Crippen molar-refractivity contribution < 1.29 is 18.0 Å². The quantitative estimate of drug-likeness (QED) is 0.495. The number of hydrogen-bond donors (Lipinski definition) is 1. The first kappa shape index (κ1) is 18.9. The molecule has 0 saturated carbocycles. The van der Waals surface area contributed by atoms with E-state index in [0.717, 1.165) is 23.9 Å². The molecule has 3 rings (SSSR count). The van der Waals surface area contributed by atoms with Crippen molar-refractivity contribution in [3.05, 3.63) is 84.2 Å². The number of rotatable bonds is 5. The van der Waals surface area contributed by atoms with E-state index in [1.165, 1.54) is 12.1 Å². The Morgan fingerprint density at radius 3 is 2.33 bits per heavy atom.